The van der Waals surface area contributed by atoms with Gasteiger partial charge in [-0.25, -0.2) is 9.18 Å². The summed E-state index contributed by atoms with van der Waals surface area (Å²) in [6, 6.07) is 13.9. The second kappa shape index (κ2) is 10.3. The second-order valence-electron chi connectivity index (χ2n) is 6.45. The van der Waals surface area contributed by atoms with Gasteiger partial charge >= 0.3 is 12.1 Å². The third kappa shape index (κ3) is 6.22. The Kier molecular flexibility index (Phi) is 7.54. The minimum Gasteiger partial charge on any atom is -0.487 e. The lowest BCUT2D eigenvalue weighted by Crippen LogP contribution is -2.13. The molecule has 0 aliphatic heterocycles. The topological polar surface area (TPSA) is 78.7 Å². The van der Waals surface area contributed by atoms with E-state index in [2.05, 4.69) is 0 Å². The maximum atomic E-state index is 13.5. The fourth-order valence-corrected chi connectivity index (χ4v) is 3.71. The van der Waals surface area contributed by atoms with Crippen LogP contribution in [0.2, 0.25) is 0 Å². The molecule has 0 unspecified atom stereocenters. The number of para-hydroxylation sites is 1. The van der Waals surface area contributed by atoms with Gasteiger partial charge in [0.1, 0.15) is 13.2 Å². The van der Waals surface area contributed by atoms with Crippen molar-refractivity contribution in [1.82, 2.24) is 0 Å². The Balaban J connectivity index is 1.72. The van der Waals surface area contributed by atoms with Gasteiger partial charge in [0.05, 0.1) is 20.9 Å². The van der Waals surface area contributed by atoms with E-state index in [9.17, 15) is 32.5 Å². The van der Waals surface area contributed by atoms with Crippen molar-refractivity contribution >= 4 is 23.4 Å². The summed E-state index contributed by atoms with van der Waals surface area (Å²) in [5, 5.41) is 11.3. The molecular weight excluding hydrogens is 466 g/mol. The summed E-state index contributed by atoms with van der Waals surface area (Å²) in [7, 11) is 0. The number of nitrogens with zero attached hydrogens (tertiary/aromatic N) is 1. The molecule has 33 heavy (non-hydrogen) atoms. The molecule has 0 atom stereocenters. The number of benzene rings is 3. The van der Waals surface area contributed by atoms with Gasteiger partial charge in [0.25, 0.3) is 5.69 Å². The first kappa shape index (κ1) is 24.1. The summed E-state index contributed by atoms with van der Waals surface area (Å²) in [6.07, 6.45) is -4.74. The van der Waals surface area contributed by atoms with Crippen LogP contribution in [0, 0.1) is 15.9 Å². The van der Waals surface area contributed by atoms with Crippen LogP contribution in [0.4, 0.5) is 23.2 Å². The van der Waals surface area contributed by atoms with Crippen molar-refractivity contribution in [3.63, 3.8) is 0 Å². The first-order valence-electron chi connectivity index (χ1n) is 9.34. The minimum absolute atomic E-state index is 0.000817. The summed E-state index contributed by atoms with van der Waals surface area (Å²) in [4.78, 5) is 23.1. The van der Waals surface area contributed by atoms with Gasteiger partial charge in [-0.1, -0.05) is 36.0 Å². The molecule has 0 spiro atoms. The first-order chi connectivity index (χ1) is 15.7. The molecule has 0 saturated carbocycles. The number of nitro benzene ring substituents is 1. The summed E-state index contributed by atoms with van der Waals surface area (Å²) in [5.41, 5.74) is -1.83. The number of hydrogen-bond donors (Lipinski definition) is 0. The van der Waals surface area contributed by atoms with E-state index in [4.69, 9.17) is 9.47 Å². The minimum atomic E-state index is -4.74. The van der Waals surface area contributed by atoms with Gasteiger partial charge in [0, 0.05) is 11.0 Å². The molecule has 3 aromatic carbocycles. The SMILES string of the molecule is O=C(OCCOc1ccccc1F)c1ccccc1Sc1ccc(C(F)(F)F)cc1[N+](=O)[O-]. The number of hydrogen-bond acceptors (Lipinski definition) is 6. The molecule has 0 saturated heterocycles. The maximum Gasteiger partial charge on any atom is 0.416 e. The lowest BCUT2D eigenvalue weighted by molar-refractivity contribution is -0.388. The van der Waals surface area contributed by atoms with Crippen LogP contribution in [-0.4, -0.2) is 24.1 Å². The van der Waals surface area contributed by atoms with Crippen LogP contribution in [0.1, 0.15) is 15.9 Å². The Bertz CT molecular complexity index is 1170. The van der Waals surface area contributed by atoms with Gasteiger partial charge in [0.15, 0.2) is 11.6 Å². The zero-order valence-corrected chi connectivity index (χ0v) is 17.5. The number of carbonyl (C=O) groups is 1. The van der Waals surface area contributed by atoms with Crippen molar-refractivity contribution in [2.45, 2.75) is 16.0 Å². The highest BCUT2D eigenvalue weighted by Crippen LogP contribution is 2.40. The molecule has 0 bridgehead atoms. The number of rotatable bonds is 8. The fraction of sp³-hybridized carbons (Fsp3) is 0.136. The number of alkyl halides is 3. The van der Waals surface area contributed by atoms with E-state index in [1.807, 2.05) is 0 Å². The second-order valence-corrected chi connectivity index (χ2v) is 7.53. The monoisotopic (exact) mass is 481 g/mol. The molecule has 0 aliphatic rings. The molecule has 172 valence electrons. The zero-order chi connectivity index (χ0) is 24.0. The van der Waals surface area contributed by atoms with E-state index in [0.29, 0.717) is 6.07 Å². The van der Waals surface area contributed by atoms with E-state index in [1.54, 1.807) is 12.1 Å². The van der Waals surface area contributed by atoms with Crippen molar-refractivity contribution in [3.8, 4) is 5.75 Å². The fourth-order valence-electron chi connectivity index (χ4n) is 2.69. The van der Waals surface area contributed by atoms with Crippen LogP contribution in [0.5, 0.6) is 5.75 Å². The molecular formula is C22H15F4NO5S. The smallest absolute Gasteiger partial charge is 0.416 e. The Labute approximate surface area is 189 Å². The Morgan fingerprint density at radius 2 is 1.67 bits per heavy atom. The van der Waals surface area contributed by atoms with Crippen molar-refractivity contribution in [1.29, 1.82) is 0 Å². The van der Waals surface area contributed by atoms with E-state index in [-0.39, 0.29) is 34.3 Å². The summed E-state index contributed by atoms with van der Waals surface area (Å²) >= 11 is 0.764. The third-order valence-electron chi connectivity index (χ3n) is 4.22. The highest BCUT2D eigenvalue weighted by molar-refractivity contribution is 7.99. The quantitative estimate of drug-likeness (QED) is 0.126. The van der Waals surface area contributed by atoms with Gasteiger partial charge in [-0.05, 0) is 36.4 Å². The van der Waals surface area contributed by atoms with Gasteiger partial charge in [0.2, 0.25) is 0 Å². The van der Waals surface area contributed by atoms with Crippen LogP contribution in [0.15, 0.2) is 76.5 Å². The molecule has 0 fully saturated rings. The number of halogens is 4. The molecule has 0 aliphatic carbocycles. The van der Waals surface area contributed by atoms with Crippen LogP contribution in [0.3, 0.4) is 0 Å². The first-order valence-corrected chi connectivity index (χ1v) is 10.2. The molecule has 3 aromatic rings. The van der Waals surface area contributed by atoms with Gasteiger partial charge in [-0.2, -0.15) is 13.2 Å². The molecule has 6 nitrogen and oxygen atoms in total. The number of carbonyl (C=O) groups excluding carboxylic acids is 1. The number of esters is 1. The van der Waals surface area contributed by atoms with Crippen molar-refractivity contribution in [2.75, 3.05) is 13.2 Å². The van der Waals surface area contributed by atoms with Crippen molar-refractivity contribution in [3.05, 3.63) is 93.8 Å². The zero-order valence-electron chi connectivity index (χ0n) is 16.7. The molecule has 0 heterocycles. The molecule has 0 amide bonds. The lowest BCUT2D eigenvalue weighted by atomic mass is 10.2. The van der Waals surface area contributed by atoms with E-state index in [0.717, 1.165) is 23.9 Å². The Hall–Kier alpha value is -3.60. The average molecular weight is 481 g/mol. The Morgan fingerprint density at radius 1 is 0.970 bits per heavy atom. The Morgan fingerprint density at radius 3 is 2.36 bits per heavy atom. The standard InChI is InChI=1S/C22H15F4NO5S/c23-16-6-2-3-7-18(16)31-11-12-32-21(28)15-5-1-4-8-19(15)33-20-10-9-14(22(24,25)26)13-17(20)27(29)30/h1-10,13H,11-12H2. The molecule has 0 aromatic heterocycles. The normalized spacial score (nSPS) is 11.2. The van der Waals surface area contributed by atoms with Gasteiger partial charge < -0.3 is 9.47 Å². The molecule has 0 radical (unpaired) electrons. The summed E-state index contributed by atoms with van der Waals surface area (Å²) in [5.74, 6) is -1.34. The van der Waals surface area contributed by atoms with E-state index in [1.165, 1.54) is 36.4 Å². The summed E-state index contributed by atoms with van der Waals surface area (Å²) in [6.45, 7) is -0.320. The largest absolute Gasteiger partial charge is 0.487 e. The number of ether oxygens (including phenoxy) is 2. The van der Waals surface area contributed by atoms with Crippen LogP contribution in [-0.2, 0) is 10.9 Å². The average Bonchev–Trinajstić information content (AvgIpc) is 2.77. The highest BCUT2D eigenvalue weighted by atomic mass is 32.2. The van der Waals surface area contributed by atoms with Crippen LogP contribution in [0.25, 0.3) is 0 Å². The van der Waals surface area contributed by atoms with Gasteiger partial charge in [-0.3, -0.25) is 10.1 Å². The predicted octanol–water partition coefficient (Wildman–Crippen LogP) is 6.14. The summed E-state index contributed by atoms with van der Waals surface area (Å²) < 4.78 is 62.6. The molecule has 3 rings (SSSR count). The van der Waals surface area contributed by atoms with Gasteiger partial charge in [-0.15, -0.1) is 0 Å². The van der Waals surface area contributed by atoms with Crippen molar-refractivity contribution < 1.29 is 36.8 Å². The predicted molar refractivity (Wildman–Crippen MR) is 111 cm³/mol. The highest BCUT2D eigenvalue weighted by Gasteiger charge is 2.33. The van der Waals surface area contributed by atoms with Crippen LogP contribution >= 0.6 is 11.8 Å². The lowest BCUT2D eigenvalue weighted by Gasteiger charge is -2.12. The molecule has 0 N–H and O–H groups in total. The third-order valence-corrected chi connectivity index (χ3v) is 5.36. The maximum absolute atomic E-state index is 13.5. The van der Waals surface area contributed by atoms with Crippen LogP contribution < -0.4 is 4.74 Å². The molecule has 11 heteroatoms. The van der Waals surface area contributed by atoms with Crippen molar-refractivity contribution in [2.24, 2.45) is 0 Å². The van der Waals surface area contributed by atoms with E-state index < -0.39 is 34.1 Å². The number of nitro groups is 1. The van der Waals surface area contributed by atoms with E-state index >= 15 is 0 Å².